The maximum Gasteiger partial charge on any atom is 0.256 e. The van der Waals surface area contributed by atoms with Gasteiger partial charge in [0.2, 0.25) is 0 Å². The first-order valence-electron chi connectivity index (χ1n) is 8.04. The number of aliphatic hydroxyl groups is 1. The molecule has 0 amide bonds. The lowest BCUT2D eigenvalue weighted by molar-refractivity contribution is -0.557. The molecule has 0 radical (unpaired) electrons. The van der Waals surface area contributed by atoms with Gasteiger partial charge in [-0.15, -0.1) is 0 Å². The lowest BCUT2D eigenvalue weighted by Gasteiger charge is -2.44. The Bertz CT molecular complexity index is 307. The molecule has 0 aromatic rings. The molecule has 3 atom stereocenters. The third-order valence-electron chi connectivity index (χ3n) is 4.51. The zero-order chi connectivity index (χ0) is 15.2. The van der Waals surface area contributed by atoms with Gasteiger partial charge in [-0.1, -0.05) is 39.5 Å². The Hall–Kier alpha value is -0.680. The Kier molecular flexibility index (Phi) is 6.89. The first-order valence-corrected chi connectivity index (χ1v) is 8.04. The summed E-state index contributed by atoms with van der Waals surface area (Å²) < 4.78 is 0. The molecule has 0 aromatic carbocycles. The van der Waals surface area contributed by atoms with E-state index in [1.807, 2.05) is 0 Å². The van der Waals surface area contributed by atoms with Gasteiger partial charge >= 0.3 is 0 Å². The quantitative estimate of drug-likeness (QED) is 0.423. The van der Waals surface area contributed by atoms with Crippen molar-refractivity contribution >= 4 is 0 Å². The van der Waals surface area contributed by atoms with Crippen LogP contribution in [0.15, 0.2) is 0 Å². The van der Waals surface area contributed by atoms with Crippen LogP contribution >= 0.6 is 0 Å². The summed E-state index contributed by atoms with van der Waals surface area (Å²) in [4.78, 5) is 13.4. The van der Waals surface area contributed by atoms with Gasteiger partial charge in [0.05, 0.1) is 6.04 Å². The molecule has 1 heterocycles. The monoisotopic (exact) mass is 286 g/mol. The predicted molar refractivity (Wildman–Crippen MR) is 80.4 cm³/mol. The lowest BCUT2D eigenvalue weighted by atomic mass is 9.81. The highest BCUT2D eigenvalue weighted by molar-refractivity contribution is 4.97. The van der Waals surface area contributed by atoms with Crippen LogP contribution in [0.1, 0.15) is 65.7 Å². The minimum atomic E-state index is -1.18. The molecule has 0 unspecified atom stereocenters. The van der Waals surface area contributed by atoms with Crippen LogP contribution in [-0.2, 0) is 0 Å². The van der Waals surface area contributed by atoms with E-state index in [2.05, 4.69) is 18.7 Å². The zero-order valence-electron chi connectivity index (χ0n) is 13.2. The minimum Gasteiger partial charge on any atom is -0.383 e. The molecule has 1 rings (SSSR count). The standard InChI is InChI=1S/C15H30N2O3/c1-4-6-8-9-13-14(17(19)20)15(3,18)10-12-16(13)11-7-5-2/h13-14,18H,4-12H2,1-3H3/t13-,14-,15+/m1/s1. The van der Waals surface area contributed by atoms with E-state index in [1.165, 1.54) is 0 Å². The Balaban J connectivity index is 2.82. The molecular weight excluding hydrogens is 256 g/mol. The third kappa shape index (κ3) is 4.42. The average Bonchev–Trinajstić information content (AvgIpc) is 2.37. The van der Waals surface area contributed by atoms with Crippen LogP contribution in [0.5, 0.6) is 0 Å². The Morgan fingerprint density at radius 2 is 1.95 bits per heavy atom. The summed E-state index contributed by atoms with van der Waals surface area (Å²) in [6.45, 7) is 7.58. The van der Waals surface area contributed by atoms with Crippen molar-refractivity contribution in [3.8, 4) is 0 Å². The SMILES string of the molecule is CCCCC[C@@H]1[C@@H]([N+](=O)[O-])[C@@](C)(O)CCN1CCCC. The number of nitrogens with zero attached hydrogens (tertiary/aromatic N) is 2. The van der Waals surface area contributed by atoms with Crippen molar-refractivity contribution in [3.05, 3.63) is 10.1 Å². The van der Waals surface area contributed by atoms with Gasteiger partial charge in [-0.3, -0.25) is 15.0 Å². The molecule has 5 nitrogen and oxygen atoms in total. The van der Waals surface area contributed by atoms with Crippen molar-refractivity contribution in [1.29, 1.82) is 0 Å². The van der Waals surface area contributed by atoms with Crippen molar-refractivity contribution in [3.63, 3.8) is 0 Å². The van der Waals surface area contributed by atoms with Crippen LogP contribution in [0.25, 0.3) is 0 Å². The van der Waals surface area contributed by atoms with Crippen molar-refractivity contribution in [2.24, 2.45) is 0 Å². The van der Waals surface area contributed by atoms with E-state index in [1.54, 1.807) is 6.92 Å². The highest BCUT2D eigenvalue weighted by atomic mass is 16.6. The van der Waals surface area contributed by atoms with Gasteiger partial charge in [-0.25, -0.2) is 0 Å². The number of nitro groups is 1. The van der Waals surface area contributed by atoms with Crippen LogP contribution < -0.4 is 0 Å². The van der Waals surface area contributed by atoms with Gasteiger partial charge < -0.3 is 5.11 Å². The fraction of sp³-hybridized carbons (Fsp3) is 1.00. The van der Waals surface area contributed by atoms with Gasteiger partial charge in [-0.05, 0) is 32.7 Å². The second-order valence-corrected chi connectivity index (χ2v) is 6.29. The van der Waals surface area contributed by atoms with Crippen molar-refractivity contribution in [2.45, 2.75) is 83.4 Å². The highest BCUT2D eigenvalue weighted by Gasteiger charge is 2.51. The van der Waals surface area contributed by atoms with Gasteiger partial charge in [0.25, 0.3) is 6.04 Å². The van der Waals surface area contributed by atoms with E-state index in [4.69, 9.17) is 0 Å². The normalized spacial score (nSPS) is 31.4. The van der Waals surface area contributed by atoms with Crippen LogP contribution in [0.3, 0.4) is 0 Å². The van der Waals surface area contributed by atoms with Crippen LogP contribution in [-0.4, -0.2) is 45.7 Å². The maximum atomic E-state index is 11.5. The second-order valence-electron chi connectivity index (χ2n) is 6.29. The molecule has 1 aliphatic heterocycles. The molecule has 0 aliphatic carbocycles. The summed E-state index contributed by atoms with van der Waals surface area (Å²) >= 11 is 0. The largest absolute Gasteiger partial charge is 0.383 e. The molecular formula is C15H30N2O3. The van der Waals surface area contributed by atoms with Gasteiger partial charge in [0, 0.05) is 11.5 Å². The zero-order valence-corrected chi connectivity index (χ0v) is 13.2. The summed E-state index contributed by atoms with van der Waals surface area (Å²) in [5, 5.41) is 21.9. The van der Waals surface area contributed by atoms with Crippen LogP contribution in [0.2, 0.25) is 0 Å². The molecule has 5 heteroatoms. The number of likely N-dealkylation sites (tertiary alicyclic amines) is 1. The molecule has 0 saturated carbocycles. The molecule has 0 bridgehead atoms. The topological polar surface area (TPSA) is 66.6 Å². The van der Waals surface area contributed by atoms with Gasteiger partial charge in [-0.2, -0.15) is 0 Å². The number of hydrogen-bond donors (Lipinski definition) is 1. The van der Waals surface area contributed by atoms with E-state index in [0.717, 1.165) is 51.6 Å². The lowest BCUT2D eigenvalue weighted by Crippen LogP contribution is -2.63. The summed E-state index contributed by atoms with van der Waals surface area (Å²) in [5.41, 5.74) is -1.18. The Morgan fingerprint density at radius 3 is 2.50 bits per heavy atom. The summed E-state index contributed by atoms with van der Waals surface area (Å²) in [7, 11) is 0. The smallest absolute Gasteiger partial charge is 0.256 e. The highest BCUT2D eigenvalue weighted by Crippen LogP contribution is 2.32. The molecule has 0 spiro atoms. The summed E-state index contributed by atoms with van der Waals surface area (Å²) in [6.07, 6.45) is 6.69. The van der Waals surface area contributed by atoms with Crippen LogP contribution in [0, 0.1) is 10.1 Å². The number of rotatable bonds is 8. The summed E-state index contributed by atoms with van der Waals surface area (Å²) in [5.74, 6) is 0. The first-order chi connectivity index (χ1) is 9.44. The van der Waals surface area contributed by atoms with Gasteiger partial charge in [0.1, 0.15) is 5.60 Å². The minimum absolute atomic E-state index is 0.119. The van der Waals surface area contributed by atoms with E-state index in [9.17, 15) is 15.2 Å². The second kappa shape index (κ2) is 7.93. The molecule has 118 valence electrons. The van der Waals surface area contributed by atoms with Crippen molar-refractivity contribution < 1.29 is 10.0 Å². The third-order valence-corrected chi connectivity index (χ3v) is 4.51. The molecule has 1 saturated heterocycles. The maximum absolute atomic E-state index is 11.5. The molecule has 1 fully saturated rings. The molecule has 20 heavy (non-hydrogen) atoms. The Labute approximate surface area is 122 Å². The fourth-order valence-electron chi connectivity index (χ4n) is 3.25. The van der Waals surface area contributed by atoms with Crippen molar-refractivity contribution in [1.82, 2.24) is 4.90 Å². The van der Waals surface area contributed by atoms with Crippen LogP contribution in [0.4, 0.5) is 0 Å². The van der Waals surface area contributed by atoms with E-state index >= 15 is 0 Å². The number of hydrogen-bond acceptors (Lipinski definition) is 4. The van der Waals surface area contributed by atoms with E-state index in [-0.39, 0.29) is 11.0 Å². The fourth-order valence-corrected chi connectivity index (χ4v) is 3.25. The van der Waals surface area contributed by atoms with E-state index in [0.29, 0.717) is 6.42 Å². The number of piperidine rings is 1. The number of unbranched alkanes of at least 4 members (excludes halogenated alkanes) is 3. The van der Waals surface area contributed by atoms with Crippen molar-refractivity contribution in [2.75, 3.05) is 13.1 Å². The Morgan fingerprint density at radius 1 is 1.30 bits per heavy atom. The molecule has 0 aromatic heterocycles. The van der Waals surface area contributed by atoms with E-state index < -0.39 is 11.6 Å². The van der Waals surface area contributed by atoms with Gasteiger partial charge in [0.15, 0.2) is 0 Å². The summed E-state index contributed by atoms with van der Waals surface area (Å²) in [6, 6.07) is -0.975. The molecule has 1 N–H and O–H groups in total. The first kappa shape index (κ1) is 17.4. The molecule has 1 aliphatic rings. The average molecular weight is 286 g/mol. The predicted octanol–water partition coefficient (Wildman–Crippen LogP) is 2.84.